The molecule has 0 spiro atoms. The van der Waals surface area contributed by atoms with Crippen LogP contribution in [0.4, 0.5) is 5.00 Å². The third-order valence-electron chi connectivity index (χ3n) is 5.40. The highest BCUT2D eigenvalue weighted by Gasteiger charge is 2.27. The fourth-order valence-corrected chi connectivity index (χ4v) is 5.13. The van der Waals surface area contributed by atoms with Crippen molar-refractivity contribution in [1.82, 2.24) is 4.90 Å². The largest absolute Gasteiger partial charge is 0.462 e. The van der Waals surface area contributed by atoms with Gasteiger partial charge in [-0.25, -0.2) is 4.79 Å². The van der Waals surface area contributed by atoms with Gasteiger partial charge in [-0.2, -0.15) is 0 Å². The fourth-order valence-electron chi connectivity index (χ4n) is 3.84. The lowest BCUT2D eigenvalue weighted by molar-refractivity contribution is -0.117. The van der Waals surface area contributed by atoms with Gasteiger partial charge < -0.3 is 10.1 Å². The number of hydrogen-bond donors (Lipinski definition) is 1. The lowest BCUT2D eigenvalue weighted by atomic mass is 9.99. The van der Waals surface area contributed by atoms with Gasteiger partial charge in [0.15, 0.2) is 0 Å². The van der Waals surface area contributed by atoms with Crippen molar-refractivity contribution in [3.05, 3.63) is 16.0 Å². The number of aryl methyl sites for hydroxylation is 1. The maximum atomic E-state index is 12.6. The number of amides is 1. The molecule has 3 rings (SSSR count). The van der Waals surface area contributed by atoms with Crippen LogP contribution < -0.4 is 5.32 Å². The van der Waals surface area contributed by atoms with E-state index in [2.05, 4.69) is 17.1 Å². The highest BCUT2D eigenvalue weighted by molar-refractivity contribution is 7.17. The number of anilines is 1. The van der Waals surface area contributed by atoms with Crippen LogP contribution in [0.25, 0.3) is 0 Å². The summed E-state index contributed by atoms with van der Waals surface area (Å²) in [6, 6.07) is 0. The van der Waals surface area contributed by atoms with Crippen LogP contribution in [0.1, 0.15) is 66.8 Å². The topological polar surface area (TPSA) is 58.6 Å². The van der Waals surface area contributed by atoms with Crippen LogP contribution in [-0.4, -0.2) is 43.0 Å². The van der Waals surface area contributed by atoms with E-state index in [0.29, 0.717) is 23.7 Å². The number of carbonyl (C=O) groups excluding carboxylic acids is 2. The number of carbonyl (C=O) groups is 2. The van der Waals surface area contributed by atoms with Gasteiger partial charge in [-0.15, -0.1) is 11.3 Å². The summed E-state index contributed by atoms with van der Waals surface area (Å²) in [6.45, 7) is 6.78. The predicted octanol–water partition coefficient (Wildman–Crippen LogP) is 3.86. The van der Waals surface area contributed by atoms with Crippen molar-refractivity contribution in [3.8, 4) is 0 Å². The summed E-state index contributed by atoms with van der Waals surface area (Å²) in [4.78, 5) is 28.6. The Morgan fingerprint density at radius 2 is 1.92 bits per heavy atom. The SMILES string of the molecule is CCOC(=O)c1c(NC(=O)CN2CCC(C)CC2)sc2c1CCCCC2. The van der Waals surface area contributed by atoms with Gasteiger partial charge in [-0.3, -0.25) is 9.69 Å². The van der Waals surface area contributed by atoms with Crippen LogP contribution in [0, 0.1) is 5.92 Å². The Labute approximate surface area is 160 Å². The fraction of sp³-hybridized carbons (Fsp3) is 0.700. The van der Waals surface area contributed by atoms with Crippen molar-refractivity contribution in [2.45, 2.75) is 58.8 Å². The second-order valence-corrected chi connectivity index (χ2v) is 8.60. The molecule has 2 heterocycles. The molecular formula is C20H30N2O3S. The Morgan fingerprint density at radius 1 is 1.19 bits per heavy atom. The number of likely N-dealkylation sites (tertiary alicyclic amines) is 1. The van der Waals surface area contributed by atoms with Gasteiger partial charge in [-0.1, -0.05) is 13.3 Å². The van der Waals surface area contributed by atoms with Gasteiger partial charge in [0.25, 0.3) is 0 Å². The summed E-state index contributed by atoms with van der Waals surface area (Å²) >= 11 is 1.57. The molecule has 0 radical (unpaired) electrons. The Kier molecular flexibility index (Phi) is 6.70. The van der Waals surface area contributed by atoms with E-state index >= 15 is 0 Å². The summed E-state index contributed by atoms with van der Waals surface area (Å²) in [5.41, 5.74) is 1.71. The molecule has 0 atom stereocenters. The van der Waals surface area contributed by atoms with Gasteiger partial charge >= 0.3 is 5.97 Å². The number of thiophene rings is 1. The third kappa shape index (κ3) is 4.65. The molecule has 144 valence electrons. The van der Waals surface area contributed by atoms with Gasteiger partial charge in [0.1, 0.15) is 5.00 Å². The number of esters is 1. The van der Waals surface area contributed by atoms with E-state index in [1.807, 2.05) is 6.92 Å². The van der Waals surface area contributed by atoms with Gasteiger partial charge in [-0.05, 0) is 70.0 Å². The molecule has 1 aliphatic heterocycles. The summed E-state index contributed by atoms with van der Waals surface area (Å²) in [5, 5.41) is 3.71. The smallest absolute Gasteiger partial charge is 0.341 e. The third-order valence-corrected chi connectivity index (χ3v) is 6.60. The first-order valence-electron chi connectivity index (χ1n) is 9.92. The Bertz CT molecular complexity index is 648. The van der Waals surface area contributed by atoms with Crippen molar-refractivity contribution < 1.29 is 14.3 Å². The van der Waals surface area contributed by atoms with E-state index in [1.54, 1.807) is 11.3 Å². The Morgan fingerprint density at radius 3 is 2.65 bits per heavy atom. The van der Waals surface area contributed by atoms with Crippen LogP contribution in [-0.2, 0) is 22.4 Å². The molecule has 1 amide bonds. The maximum Gasteiger partial charge on any atom is 0.341 e. The van der Waals surface area contributed by atoms with Crippen LogP contribution in [0.3, 0.4) is 0 Å². The molecular weight excluding hydrogens is 348 g/mol. The molecule has 1 aliphatic carbocycles. The number of fused-ring (bicyclic) bond motifs is 1. The summed E-state index contributed by atoms with van der Waals surface area (Å²) < 4.78 is 5.28. The summed E-state index contributed by atoms with van der Waals surface area (Å²) in [5.74, 6) is 0.424. The van der Waals surface area contributed by atoms with Gasteiger partial charge in [0.2, 0.25) is 5.91 Å². The van der Waals surface area contributed by atoms with Crippen LogP contribution >= 0.6 is 11.3 Å². The van der Waals surface area contributed by atoms with Crippen LogP contribution in [0.15, 0.2) is 0 Å². The highest BCUT2D eigenvalue weighted by Crippen LogP contribution is 2.38. The molecule has 5 nitrogen and oxygen atoms in total. The molecule has 1 fully saturated rings. The summed E-state index contributed by atoms with van der Waals surface area (Å²) in [7, 11) is 0. The van der Waals surface area contributed by atoms with E-state index < -0.39 is 0 Å². The van der Waals surface area contributed by atoms with E-state index in [-0.39, 0.29) is 11.9 Å². The lowest BCUT2D eigenvalue weighted by Gasteiger charge is -2.29. The zero-order valence-electron chi connectivity index (χ0n) is 15.9. The van der Waals surface area contributed by atoms with E-state index in [0.717, 1.165) is 63.1 Å². The standard InChI is InChI=1S/C20H30N2O3S/c1-3-25-20(24)18-15-7-5-4-6-8-16(15)26-19(18)21-17(23)13-22-11-9-14(2)10-12-22/h14H,3-13H2,1-2H3,(H,21,23). The highest BCUT2D eigenvalue weighted by atomic mass is 32.1. The first kappa shape index (κ1) is 19.4. The van der Waals surface area contributed by atoms with Gasteiger partial charge in [0.05, 0.1) is 18.7 Å². The van der Waals surface area contributed by atoms with Crippen molar-refractivity contribution in [3.63, 3.8) is 0 Å². The first-order chi connectivity index (χ1) is 12.6. The Balaban J connectivity index is 1.73. The van der Waals surface area contributed by atoms with Gasteiger partial charge in [0, 0.05) is 4.88 Å². The average molecular weight is 379 g/mol. The quantitative estimate of drug-likeness (QED) is 0.624. The van der Waals surface area contributed by atoms with Crippen molar-refractivity contribution in [1.29, 1.82) is 0 Å². The van der Waals surface area contributed by atoms with Crippen molar-refractivity contribution in [2.75, 3.05) is 31.6 Å². The van der Waals surface area contributed by atoms with Crippen molar-refractivity contribution in [2.24, 2.45) is 5.92 Å². The minimum Gasteiger partial charge on any atom is -0.462 e. The molecule has 1 N–H and O–H groups in total. The zero-order chi connectivity index (χ0) is 18.5. The molecule has 1 aromatic heterocycles. The monoisotopic (exact) mass is 378 g/mol. The molecule has 0 unspecified atom stereocenters. The molecule has 0 bridgehead atoms. The first-order valence-corrected chi connectivity index (χ1v) is 10.7. The normalized spacial score (nSPS) is 18.8. The number of rotatable bonds is 5. The van der Waals surface area contributed by atoms with Crippen LogP contribution in [0.5, 0.6) is 0 Å². The van der Waals surface area contributed by atoms with Crippen LogP contribution in [0.2, 0.25) is 0 Å². The molecule has 1 saturated heterocycles. The second kappa shape index (κ2) is 9.00. The van der Waals surface area contributed by atoms with E-state index in [9.17, 15) is 9.59 Å². The van der Waals surface area contributed by atoms with E-state index in [4.69, 9.17) is 4.74 Å². The minimum absolute atomic E-state index is 0.0264. The summed E-state index contributed by atoms with van der Waals surface area (Å²) in [6.07, 6.45) is 7.62. The van der Waals surface area contributed by atoms with Crippen molar-refractivity contribution >= 4 is 28.2 Å². The molecule has 0 saturated carbocycles. The number of nitrogens with zero attached hydrogens (tertiary/aromatic N) is 1. The lowest BCUT2D eigenvalue weighted by Crippen LogP contribution is -2.38. The van der Waals surface area contributed by atoms with E-state index in [1.165, 1.54) is 11.3 Å². The molecule has 6 heteroatoms. The molecule has 0 aromatic carbocycles. The number of nitrogens with one attached hydrogen (secondary N) is 1. The predicted molar refractivity (Wildman–Crippen MR) is 105 cm³/mol. The number of piperidine rings is 1. The second-order valence-electron chi connectivity index (χ2n) is 7.50. The molecule has 1 aromatic rings. The number of hydrogen-bond acceptors (Lipinski definition) is 5. The Hall–Kier alpha value is -1.40. The molecule has 2 aliphatic rings. The minimum atomic E-state index is -0.297. The zero-order valence-corrected chi connectivity index (χ0v) is 16.8. The average Bonchev–Trinajstić information content (AvgIpc) is 2.78. The molecule has 26 heavy (non-hydrogen) atoms. The maximum absolute atomic E-state index is 12.6. The number of ether oxygens (including phenoxy) is 1.